The highest BCUT2D eigenvalue weighted by Gasteiger charge is 2.07. The predicted molar refractivity (Wildman–Crippen MR) is 69.6 cm³/mol. The van der Waals surface area contributed by atoms with E-state index in [9.17, 15) is 4.79 Å². The first-order valence-corrected chi connectivity index (χ1v) is 5.58. The Morgan fingerprint density at radius 2 is 2.28 bits per heavy atom. The molecule has 0 bridgehead atoms. The molecule has 1 amide bonds. The normalized spacial score (nSPS) is 9.67. The van der Waals surface area contributed by atoms with E-state index in [0.717, 1.165) is 5.56 Å². The van der Waals surface area contributed by atoms with Gasteiger partial charge in [-0.2, -0.15) is 0 Å². The molecule has 0 aliphatic heterocycles. The first-order valence-electron chi connectivity index (χ1n) is 5.58. The number of rotatable bonds is 7. The monoisotopic (exact) mass is 250 g/mol. The van der Waals surface area contributed by atoms with E-state index in [2.05, 4.69) is 11.9 Å². The lowest BCUT2D eigenvalue weighted by Gasteiger charge is -2.11. The predicted octanol–water partition coefficient (Wildman–Crippen LogP) is 0.835. The third kappa shape index (κ3) is 4.10. The van der Waals surface area contributed by atoms with Crippen molar-refractivity contribution in [2.45, 2.75) is 6.54 Å². The van der Waals surface area contributed by atoms with Gasteiger partial charge in [0.25, 0.3) is 5.91 Å². The second kappa shape index (κ2) is 7.34. The molecule has 98 valence electrons. The molecule has 3 N–H and O–H groups in total. The summed E-state index contributed by atoms with van der Waals surface area (Å²) in [6, 6.07) is 5.38. The SMILES string of the molecule is C=CCNC(=O)COc1cc(CN)ccc1OC. The van der Waals surface area contributed by atoms with Crippen LogP contribution >= 0.6 is 0 Å². The average Bonchev–Trinajstić information content (AvgIpc) is 2.42. The van der Waals surface area contributed by atoms with Gasteiger partial charge in [-0.1, -0.05) is 12.1 Å². The Hall–Kier alpha value is -2.01. The minimum Gasteiger partial charge on any atom is -0.493 e. The molecule has 1 aromatic carbocycles. The maximum atomic E-state index is 11.4. The molecular weight excluding hydrogens is 232 g/mol. The summed E-state index contributed by atoms with van der Waals surface area (Å²) < 4.78 is 10.5. The lowest BCUT2D eigenvalue weighted by molar-refractivity contribution is -0.122. The molecule has 0 unspecified atom stereocenters. The van der Waals surface area contributed by atoms with E-state index in [0.29, 0.717) is 24.6 Å². The van der Waals surface area contributed by atoms with Crippen molar-refractivity contribution in [3.63, 3.8) is 0 Å². The highest BCUT2D eigenvalue weighted by molar-refractivity contribution is 5.77. The Balaban J connectivity index is 2.64. The number of methoxy groups -OCH3 is 1. The van der Waals surface area contributed by atoms with E-state index < -0.39 is 0 Å². The molecule has 1 aromatic rings. The van der Waals surface area contributed by atoms with E-state index in [4.69, 9.17) is 15.2 Å². The van der Waals surface area contributed by atoms with Crippen molar-refractivity contribution in [3.8, 4) is 11.5 Å². The zero-order valence-electron chi connectivity index (χ0n) is 10.4. The van der Waals surface area contributed by atoms with Gasteiger partial charge < -0.3 is 20.5 Å². The van der Waals surface area contributed by atoms with E-state index in [1.54, 1.807) is 25.3 Å². The minimum atomic E-state index is -0.213. The second-order valence-corrected chi connectivity index (χ2v) is 3.57. The number of ether oxygens (including phenoxy) is 2. The number of carbonyl (C=O) groups is 1. The van der Waals surface area contributed by atoms with Gasteiger partial charge in [0.2, 0.25) is 0 Å². The number of benzene rings is 1. The van der Waals surface area contributed by atoms with Crippen LogP contribution in [0.25, 0.3) is 0 Å². The Bertz CT molecular complexity index is 419. The van der Waals surface area contributed by atoms with Crippen molar-refractivity contribution in [1.29, 1.82) is 0 Å². The van der Waals surface area contributed by atoms with Crippen LogP contribution in [-0.4, -0.2) is 26.2 Å². The Kier molecular flexibility index (Phi) is 5.73. The number of amides is 1. The highest BCUT2D eigenvalue weighted by atomic mass is 16.5. The molecule has 0 aliphatic rings. The van der Waals surface area contributed by atoms with Gasteiger partial charge in [-0.25, -0.2) is 0 Å². The van der Waals surface area contributed by atoms with Crippen molar-refractivity contribution in [2.24, 2.45) is 5.73 Å². The molecule has 0 aromatic heterocycles. The van der Waals surface area contributed by atoms with Crippen LogP contribution in [0.15, 0.2) is 30.9 Å². The molecule has 18 heavy (non-hydrogen) atoms. The standard InChI is InChI=1S/C13H18N2O3/c1-3-6-15-13(16)9-18-12-7-10(8-14)4-5-11(12)17-2/h3-5,7H,1,6,8-9,14H2,2H3,(H,15,16). The van der Waals surface area contributed by atoms with Crippen LogP contribution in [-0.2, 0) is 11.3 Å². The number of carbonyl (C=O) groups excluding carboxylic acids is 1. The van der Waals surface area contributed by atoms with Crippen molar-refractivity contribution >= 4 is 5.91 Å². The van der Waals surface area contributed by atoms with Crippen molar-refractivity contribution in [3.05, 3.63) is 36.4 Å². The fourth-order valence-electron chi connectivity index (χ4n) is 1.34. The Morgan fingerprint density at radius 1 is 1.50 bits per heavy atom. The van der Waals surface area contributed by atoms with Crippen LogP contribution in [0.2, 0.25) is 0 Å². The summed E-state index contributed by atoms with van der Waals surface area (Å²) in [5, 5.41) is 2.62. The van der Waals surface area contributed by atoms with Gasteiger partial charge in [-0.3, -0.25) is 4.79 Å². The maximum Gasteiger partial charge on any atom is 0.258 e. The molecular formula is C13H18N2O3. The maximum absolute atomic E-state index is 11.4. The van der Waals surface area contributed by atoms with Gasteiger partial charge in [0.05, 0.1) is 7.11 Å². The van der Waals surface area contributed by atoms with Crippen LogP contribution in [0.5, 0.6) is 11.5 Å². The van der Waals surface area contributed by atoms with Crippen LogP contribution in [0.1, 0.15) is 5.56 Å². The van der Waals surface area contributed by atoms with Gasteiger partial charge in [-0.05, 0) is 17.7 Å². The van der Waals surface area contributed by atoms with E-state index in [1.807, 2.05) is 6.07 Å². The lowest BCUT2D eigenvalue weighted by Crippen LogP contribution is -2.28. The van der Waals surface area contributed by atoms with Crippen molar-refractivity contribution < 1.29 is 14.3 Å². The van der Waals surface area contributed by atoms with Crippen molar-refractivity contribution in [2.75, 3.05) is 20.3 Å². The van der Waals surface area contributed by atoms with Crippen molar-refractivity contribution in [1.82, 2.24) is 5.32 Å². The molecule has 1 rings (SSSR count). The van der Waals surface area contributed by atoms with Gasteiger partial charge in [0, 0.05) is 13.1 Å². The fraction of sp³-hybridized carbons (Fsp3) is 0.308. The quantitative estimate of drug-likeness (QED) is 0.703. The first-order chi connectivity index (χ1) is 8.71. The van der Waals surface area contributed by atoms with Gasteiger partial charge >= 0.3 is 0 Å². The highest BCUT2D eigenvalue weighted by Crippen LogP contribution is 2.27. The largest absolute Gasteiger partial charge is 0.493 e. The molecule has 5 heteroatoms. The molecule has 0 fully saturated rings. The molecule has 0 radical (unpaired) electrons. The van der Waals surface area contributed by atoms with Gasteiger partial charge in [-0.15, -0.1) is 6.58 Å². The number of nitrogens with two attached hydrogens (primary N) is 1. The molecule has 0 atom stereocenters. The van der Waals surface area contributed by atoms with Gasteiger partial charge in [0.1, 0.15) is 0 Å². The summed E-state index contributed by atoms with van der Waals surface area (Å²) in [4.78, 5) is 11.4. The molecule has 5 nitrogen and oxygen atoms in total. The molecule has 0 spiro atoms. The summed E-state index contributed by atoms with van der Waals surface area (Å²) in [5.41, 5.74) is 6.46. The average molecular weight is 250 g/mol. The molecule has 0 heterocycles. The zero-order valence-corrected chi connectivity index (χ0v) is 10.4. The zero-order chi connectivity index (χ0) is 13.4. The fourth-order valence-corrected chi connectivity index (χ4v) is 1.34. The summed E-state index contributed by atoms with van der Waals surface area (Å²) in [6.07, 6.45) is 1.60. The second-order valence-electron chi connectivity index (χ2n) is 3.57. The van der Waals surface area contributed by atoms with Gasteiger partial charge in [0.15, 0.2) is 18.1 Å². The summed E-state index contributed by atoms with van der Waals surface area (Å²) >= 11 is 0. The van der Waals surface area contributed by atoms with Crippen LogP contribution < -0.4 is 20.5 Å². The molecule has 0 saturated heterocycles. The smallest absolute Gasteiger partial charge is 0.258 e. The molecule has 0 aliphatic carbocycles. The Morgan fingerprint density at radius 3 is 2.89 bits per heavy atom. The summed E-state index contributed by atoms with van der Waals surface area (Å²) in [6.45, 7) is 4.26. The number of hydrogen-bond donors (Lipinski definition) is 2. The van der Waals surface area contributed by atoms with E-state index in [1.165, 1.54) is 0 Å². The summed E-state index contributed by atoms with van der Waals surface area (Å²) in [7, 11) is 1.54. The lowest BCUT2D eigenvalue weighted by atomic mass is 10.2. The molecule has 0 saturated carbocycles. The van der Waals surface area contributed by atoms with E-state index in [-0.39, 0.29) is 12.5 Å². The minimum absolute atomic E-state index is 0.0712. The number of nitrogens with one attached hydrogen (secondary N) is 1. The Labute approximate surface area is 107 Å². The van der Waals surface area contributed by atoms with Crippen LogP contribution in [0, 0.1) is 0 Å². The van der Waals surface area contributed by atoms with Crippen LogP contribution in [0.3, 0.4) is 0 Å². The topological polar surface area (TPSA) is 73.6 Å². The first kappa shape index (κ1) is 14.1. The third-order valence-electron chi connectivity index (χ3n) is 2.27. The van der Waals surface area contributed by atoms with E-state index >= 15 is 0 Å². The van der Waals surface area contributed by atoms with Crippen LogP contribution in [0.4, 0.5) is 0 Å². The number of hydrogen-bond acceptors (Lipinski definition) is 4. The third-order valence-corrected chi connectivity index (χ3v) is 2.27. The summed E-state index contributed by atoms with van der Waals surface area (Å²) in [5.74, 6) is 0.869.